The fourth-order valence-electron chi connectivity index (χ4n) is 2.12. The van der Waals surface area contributed by atoms with Crippen molar-refractivity contribution in [2.45, 2.75) is 34.2 Å². The Labute approximate surface area is 153 Å². The summed E-state index contributed by atoms with van der Waals surface area (Å²) in [6.07, 6.45) is 0. The van der Waals surface area contributed by atoms with E-state index in [4.69, 9.17) is 21.6 Å². The summed E-state index contributed by atoms with van der Waals surface area (Å²) >= 11 is 5.82. The van der Waals surface area contributed by atoms with Gasteiger partial charge in [-0.3, -0.25) is 4.79 Å². The second-order valence-electron chi connectivity index (χ2n) is 4.65. The van der Waals surface area contributed by atoms with Crippen LogP contribution in [0.5, 0.6) is 5.75 Å². The van der Waals surface area contributed by atoms with Crippen LogP contribution in [0.2, 0.25) is 5.02 Å². The van der Waals surface area contributed by atoms with Crippen molar-refractivity contribution in [3.8, 4) is 23.1 Å². The van der Waals surface area contributed by atoms with E-state index in [2.05, 4.69) is 4.98 Å². The highest BCUT2D eigenvalue weighted by atomic mass is 35.5. The predicted octanol–water partition coefficient (Wildman–Crippen LogP) is 4.70. The molecule has 5 nitrogen and oxygen atoms in total. The van der Waals surface area contributed by atoms with Gasteiger partial charge in [-0.1, -0.05) is 25.4 Å². The van der Waals surface area contributed by atoms with E-state index in [-0.39, 0.29) is 39.6 Å². The van der Waals surface area contributed by atoms with Gasteiger partial charge in [0.1, 0.15) is 28.5 Å². The summed E-state index contributed by atoms with van der Waals surface area (Å²) in [5.74, 6) is -1.13. The Morgan fingerprint density at radius 2 is 2.00 bits per heavy atom. The number of aromatic nitrogens is 2. The second kappa shape index (κ2) is 9.25. The molecule has 9 heteroatoms. The largest absolute Gasteiger partial charge is 0.492 e. The molecule has 140 valence electrons. The first-order valence-electron chi connectivity index (χ1n) is 7.75. The molecule has 26 heavy (non-hydrogen) atoms. The average Bonchev–Trinajstić information content (AvgIpc) is 2.61. The van der Waals surface area contributed by atoms with Gasteiger partial charge in [-0.05, 0) is 26.0 Å². The lowest BCUT2D eigenvalue weighted by molar-refractivity contribution is 0.0628. The number of rotatable bonds is 4. The quantitative estimate of drug-likeness (QED) is 0.762. The Morgan fingerprint density at radius 1 is 1.38 bits per heavy atom. The van der Waals surface area contributed by atoms with Crippen LogP contribution in [0.15, 0.2) is 16.9 Å². The molecule has 0 aliphatic rings. The van der Waals surface area contributed by atoms with E-state index < -0.39 is 22.9 Å². The number of aryl methyl sites for hydroxylation is 1. The molecule has 1 aromatic heterocycles. The molecule has 0 aliphatic heterocycles. The van der Waals surface area contributed by atoms with Gasteiger partial charge >= 0.3 is 6.55 Å². The Kier molecular flexibility index (Phi) is 7.65. The molecule has 0 spiro atoms. The number of alkyl halides is 2. The highest BCUT2D eigenvalue weighted by Gasteiger charge is 2.22. The first-order valence-corrected chi connectivity index (χ1v) is 8.13. The van der Waals surface area contributed by atoms with Crippen LogP contribution in [-0.4, -0.2) is 16.2 Å². The standard InChI is InChI=1S/C15H11ClF3N3O2.C2H6/c1-3-24-11-5-9(10(17)4-8(11)6-20)13-12(16)14(23)22(15(18)19)7(2)21-13;1-2/h4-5,15H,3H2,1-2H3;1-2H3. The summed E-state index contributed by atoms with van der Waals surface area (Å²) in [5, 5.41) is 8.35. The molecule has 0 radical (unpaired) electrons. The molecule has 0 saturated carbocycles. The van der Waals surface area contributed by atoms with Crippen LogP contribution in [0.25, 0.3) is 11.3 Å². The number of nitrogens with zero attached hydrogens (tertiary/aromatic N) is 3. The first kappa shape index (κ1) is 21.5. The Balaban J connectivity index is 0.00000163. The molecule has 0 atom stereocenters. The Morgan fingerprint density at radius 3 is 2.50 bits per heavy atom. The average molecular weight is 388 g/mol. The minimum atomic E-state index is -3.12. The summed E-state index contributed by atoms with van der Waals surface area (Å²) in [6, 6.07) is 3.85. The number of hydrogen-bond acceptors (Lipinski definition) is 4. The van der Waals surface area contributed by atoms with Crippen LogP contribution < -0.4 is 10.3 Å². The maximum absolute atomic E-state index is 14.3. The fraction of sp³-hybridized carbons (Fsp3) is 0.353. The smallest absolute Gasteiger partial charge is 0.322 e. The Bertz CT molecular complexity index is 892. The van der Waals surface area contributed by atoms with Crippen LogP contribution in [0.1, 0.15) is 38.7 Å². The van der Waals surface area contributed by atoms with E-state index >= 15 is 0 Å². The number of halogens is 4. The molecule has 1 aromatic carbocycles. The van der Waals surface area contributed by atoms with Gasteiger partial charge in [-0.25, -0.2) is 13.9 Å². The summed E-state index contributed by atoms with van der Waals surface area (Å²) < 4.78 is 45.4. The van der Waals surface area contributed by atoms with E-state index in [0.717, 1.165) is 12.1 Å². The number of ether oxygens (including phenoxy) is 1. The van der Waals surface area contributed by atoms with Crippen LogP contribution >= 0.6 is 11.6 Å². The maximum Gasteiger partial charge on any atom is 0.322 e. The van der Waals surface area contributed by atoms with Gasteiger partial charge in [0.2, 0.25) is 0 Å². The minimum Gasteiger partial charge on any atom is -0.492 e. The van der Waals surface area contributed by atoms with Gasteiger partial charge in [0.25, 0.3) is 5.56 Å². The van der Waals surface area contributed by atoms with Crippen molar-refractivity contribution in [3.63, 3.8) is 0 Å². The molecule has 1 heterocycles. The van der Waals surface area contributed by atoms with E-state index in [1.54, 1.807) is 13.0 Å². The number of nitriles is 1. The molecule has 0 N–H and O–H groups in total. The molecule has 2 aromatic rings. The summed E-state index contributed by atoms with van der Waals surface area (Å²) in [5.41, 5.74) is -1.74. The zero-order valence-electron chi connectivity index (χ0n) is 14.6. The summed E-state index contributed by atoms with van der Waals surface area (Å²) in [6.45, 7) is 3.94. The second-order valence-corrected chi connectivity index (χ2v) is 5.03. The van der Waals surface area contributed by atoms with Gasteiger partial charge < -0.3 is 4.74 Å². The van der Waals surface area contributed by atoms with Crippen molar-refractivity contribution in [3.05, 3.63) is 44.7 Å². The van der Waals surface area contributed by atoms with E-state index in [9.17, 15) is 18.0 Å². The van der Waals surface area contributed by atoms with E-state index in [1.807, 2.05) is 13.8 Å². The molecule has 0 bridgehead atoms. The van der Waals surface area contributed by atoms with Gasteiger partial charge in [0, 0.05) is 5.56 Å². The van der Waals surface area contributed by atoms with Gasteiger partial charge in [0.15, 0.2) is 0 Å². The number of benzene rings is 1. The third-order valence-corrected chi connectivity index (χ3v) is 3.52. The highest BCUT2D eigenvalue weighted by molar-refractivity contribution is 6.32. The molecule has 2 rings (SSSR count). The molecule has 0 amide bonds. The van der Waals surface area contributed by atoms with Crippen LogP contribution in [0.4, 0.5) is 13.2 Å². The normalized spacial score (nSPS) is 10.2. The molecule has 0 unspecified atom stereocenters. The van der Waals surface area contributed by atoms with Crippen LogP contribution in [-0.2, 0) is 0 Å². The third kappa shape index (κ3) is 4.17. The minimum absolute atomic E-state index is 0.0492. The summed E-state index contributed by atoms with van der Waals surface area (Å²) in [7, 11) is 0. The molecule has 0 saturated heterocycles. The zero-order chi connectivity index (χ0) is 20.0. The molecule has 0 fully saturated rings. The third-order valence-electron chi connectivity index (χ3n) is 3.18. The monoisotopic (exact) mass is 387 g/mol. The van der Waals surface area contributed by atoms with E-state index in [0.29, 0.717) is 0 Å². The number of hydrogen-bond donors (Lipinski definition) is 0. The van der Waals surface area contributed by atoms with Crippen molar-refractivity contribution in [2.24, 2.45) is 0 Å². The predicted molar refractivity (Wildman–Crippen MR) is 92.1 cm³/mol. The molecule has 0 aliphatic carbocycles. The molecular weight excluding hydrogens is 371 g/mol. The van der Waals surface area contributed by atoms with E-state index in [1.165, 1.54) is 6.92 Å². The van der Waals surface area contributed by atoms with Crippen LogP contribution in [0.3, 0.4) is 0 Å². The van der Waals surface area contributed by atoms with Crippen molar-refractivity contribution >= 4 is 11.6 Å². The van der Waals surface area contributed by atoms with Crippen molar-refractivity contribution in [2.75, 3.05) is 6.61 Å². The van der Waals surface area contributed by atoms with Crippen molar-refractivity contribution in [1.29, 1.82) is 5.26 Å². The van der Waals surface area contributed by atoms with Gasteiger partial charge in [0.05, 0.1) is 17.9 Å². The molecular formula is C17H17ClF3N3O2. The maximum atomic E-state index is 14.3. The zero-order valence-corrected chi connectivity index (χ0v) is 15.4. The van der Waals surface area contributed by atoms with Gasteiger partial charge in [-0.2, -0.15) is 14.0 Å². The van der Waals surface area contributed by atoms with Crippen LogP contribution in [0, 0.1) is 24.1 Å². The summed E-state index contributed by atoms with van der Waals surface area (Å²) in [4.78, 5) is 15.8. The lowest BCUT2D eigenvalue weighted by atomic mass is 10.1. The van der Waals surface area contributed by atoms with Gasteiger partial charge in [-0.15, -0.1) is 0 Å². The lowest BCUT2D eigenvalue weighted by Gasteiger charge is -2.13. The first-order chi connectivity index (χ1) is 12.3. The van der Waals surface area contributed by atoms with Crippen molar-refractivity contribution < 1.29 is 17.9 Å². The SMILES string of the molecule is CC.CCOc1cc(-c2nc(C)n(C(F)F)c(=O)c2Cl)c(F)cc1C#N. The lowest BCUT2D eigenvalue weighted by Crippen LogP contribution is -2.25. The topological polar surface area (TPSA) is 67.9 Å². The Hall–Kier alpha value is -2.53. The van der Waals surface area contributed by atoms with Crippen molar-refractivity contribution in [1.82, 2.24) is 9.55 Å². The fourth-order valence-corrected chi connectivity index (χ4v) is 2.36. The highest BCUT2D eigenvalue weighted by Crippen LogP contribution is 2.32.